The zero-order valence-electron chi connectivity index (χ0n) is 43.4. The summed E-state index contributed by atoms with van der Waals surface area (Å²) in [6, 6.07) is 25.5. The Morgan fingerprint density at radius 3 is 1.67 bits per heavy atom. The molecule has 1 saturated carbocycles. The van der Waals surface area contributed by atoms with Gasteiger partial charge in [0.05, 0.1) is 18.1 Å². The Kier molecular flexibility index (Phi) is 16.7. The molecule has 16 heteroatoms. The number of alkyl carbamates (subject to hydrolysis) is 1. The van der Waals surface area contributed by atoms with Crippen molar-refractivity contribution in [2.24, 2.45) is 5.92 Å². The van der Waals surface area contributed by atoms with Crippen LogP contribution in [0.1, 0.15) is 144 Å². The van der Waals surface area contributed by atoms with Crippen molar-refractivity contribution < 1.29 is 42.3 Å². The number of nitrogens with one attached hydrogen (secondary N) is 4. The number of rotatable bonds is 17. The Morgan fingerprint density at radius 2 is 1.22 bits per heavy atom. The minimum Gasteiger partial charge on any atom is -0.458 e. The van der Waals surface area contributed by atoms with Gasteiger partial charge >= 0.3 is 18.1 Å². The Morgan fingerprint density at radius 1 is 0.725 bits per heavy atom. The molecule has 0 bridgehead atoms. The van der Waals surface area contributed by atoms with Crippen molar-refractivity contribution in [2.75, 3.05) is 6.61 Å². The molecule has 4 aromatic rings. The second-order valence-corrected chi connectivity index (χ2v) is 27.5. The lowest BCUT2D eigenvalue weighted by Crippen LogP contribution is -2.57. The molecule has 376 valence electrons. The van der Waals surface area contributed by atoms with Crippen molar-refractivity contribution >= 4 is 32.3 Å². The molecule has 3 aromatic carbocycles. The SMILES string of the molecule is C[C@@H](OC(C)(C)C)[C@H](NC(=O)N[C@@H](CC(=O)NC(c1ccccc1)(c1ccccc1)c1ccccc1)c1nc(C2(NC(=O)OC(C)(C)C)CC(CO[Si](C)(C)C(C)(C)C)C2)no1)C(=O)OC(C)(C)C. The Bertz CT molecular complexity index is 2250. The van der Waals surface area contributed by atoms with E-state index in [1.54, 1.807) is 48.5 Å². The summed E-state index contributed by atoms with van der Waals surface area (Å²) in [4.78, 5) is 61.3. The fourth-order valence-corrected chi connectivity index (χ4v) is 9.21. The lowest BCUT2D eigenvalue weighted by molar-refractivity contribution is -0.164. The molecule has 0 unspecified atom stereocenters. The molecule has 1 heterocycles. The van der Waals surface area contributed by atoms with Gasteiger partial charge in [0, 0.05) is 6.61 Å². The summed E-state index contributed by atoms with van der Waals surface area (Å²) in [6.07, 6.45) is -1.07. The first kappa shape index (κ1) is 54.4. The molecule has 5 rings (SSSR count). The molecule has 1 aromatic heterocycles. The van der Waals surface area contributed by atoms with E-state index in [4.69, 9.17) is 28.1 Å². The summed E-state index contributed by atoms with van der Waals surface area (Å²) in [6.45, 7) is 29.1. The summed E-state index contributed by atoms with van der Waals surface area (Å²) in [5.74, 6) is -1.12. The predicted octanol–water partition coefficient (Wildman–Crippen LogP) is 9.97. The number of aromatic nitrogens is 2. The minimum absolute atomic E-state index is 0.000704. The highest BCUT2D eigenvalue weighted by atomic mass is 28.4. The van der Waals surface area contributed by atoms with E-state index >= 15 is 0 Å². The third kappa shape index (κ3) is 14.5. The topological polar surface area (TPSA) is 192 Å². The van der Waals surface area contributed by atoms with Gasteiger partial charge in [-0.15, -0.1) is 0 Å². The van der Waals surface area contributed by atoms with Crippen LogP contribution in [0.5, 0.6) is 0 Å². The van der Waals surface area contributed by atoms with Gasteiger partial charge in [-0.1, -0.05) is 117 Å². The van der Waals surface area contributed by atoms with Crippen molar-refractivity contribution in [1.29, 1.82) is 0 Å². The number of carbonyl (C=O) groups excluding carboxylic acids is 4. The van der Waals surface area contributed by atoms with E-state index < -0.39 is 84.8 Å². The van der Waals surface area contributed by atoms with Crippen LogP contribution >= 0.6 is 0 Å². The molecule has 69 heavy (non-hydrogen) atoms. The fourth-order valence-electron chi connectivity index (χ4n) is 8.12. The third-order valence-corrected chi connectivity index (χ3v) is 16.8. The zero-order chi connectivity index (χ0) is 51.2. The van der Waals surface area contributed by atoms with Crippen molar-refractivity contribution in [3.8, 4) is 0 Å². The smallest absolute Gasteiger partial charge is 0.408 e. The van der Waals surface area contributed by atoms with E-state index in [0.717, 1.165) is 16.7 Å². The maximum Gasteiger partial charge on any atom is 0.408 e. The van der Waals surface area contributed by atoms with Crippen LogP contribution in [-0.2, 0) is 39.3 Å². The molecule has 15 nitrogen and oxygen atoms in total. The minimum atomic E-state index is -2.10. The number of esters is 1. The molecule has 0 spiro atoms. The molecular weight excluding hydrogens is 893 g/mol. The van der Waals surface area contributed by atoms with E-state index in [1.165, 1.54) is 0 Å². The number of hydrogen-bond donors (Lipinski definition) is 4. The number of urea groups is 1. The maximum atomic E-state index is 15.0. The summed E-state index contributed by atoms with van der Waals surface area (Å²) >= 11 is 0. The van der Waals surface area contributed by atoms with E-state index in [2.05, 4.69) is 60.3 Å². The molecule has 0 radical (unpaired) electrons. The zero-order valence-corrected chi connectivity index (χ0v) is 44.4. The van der Waals surface area contributed by atoms with Crippen LogP contribution in [0.25, 0.3) is 0 Å². The van der Waals surface area contributed by atoms with Gasteiger partial charge in [-0.3, -0.25) is 4.79 Å². The highest BCUT2D eigenvalue weighted by Gasteiger charge is 2.52. The lowest BCUT2D eigenvalue weighted by atomic mass is 9.68. The third-order valence-electron chi connectivity index (χ3n) is 12.3. The molecule has 0 saturated heterocycles. The lowest BCUT2D eigenvalue weighted by Gasteiger charge is -2.47. The first-order valence-corrected chi connectivity index (χ1v) is 26.8. The molecule has 0 aliphatic heterocycles. The van der Waals surface area contributed by atoms with Gasteiger partial charge in [-0.25, -0.2) is 14.4 Å². The number of carbonyl (C=O) groups is 4. The summed E-state index contributed by atoms with van der Waals surface area (Å²) in [5, 5.41) is 16.4. The normalized spacial score (nSPS) is 18.2. The average Bonchev–Trinajstić information content (AvgIpc) is 3.72. The molecule has 1 aliphatic rings. The van der Waals surface area contributed by atoms with Gasteiger partial charge in [0.2, 0.25) is 11.8 Å². The summed E-state index contributed by atoms with van der Waals surface area (Å²) in [5.41, 5.74) is -2.29. The highest BCUT2D eigenvalue weighted by molar-refractivity contribution is 6.74. The molecule has 3 atom stereocenters. The molecular formula is C53H76N6O9Si. The van der Waals surface area contributed by atoms with Crippen LogP contribution < -0.4 is 21.3 Å². The van der Waals surface area contributed by atoms with Crippen molar-refractivity contribution in [1.82, 2.24) is 31.4 Å². The fraction of sp³-hybridized carbons (Fsp3) is 0.547. The van der Waals surface area contributed by atoms with Crippen LogP contribution in [0.3, 0.4) is 0 Å². The summed E-state index contributed by atoms with van der Waals surface area (Å²) in [7, 11) is -2.10. The van der Waals surface area contributed by atoms with E-state index in [1.807, 2.05) is 112 Å². The van der Waals surface area contributed by atoms with Crippen molar-refractivity contribution in [3.63, 3.8) is 0 Å². The van der Waals surface area contributed by atoms with Crippen LogP contribution in [0.2, 0.25) is 18.1 Å². The van der Waals surface area contributed by atoms with Crippen LogP contribution in [-0.4, -0.2) is 78.0 Å². The number of amides is 4. The van der Waals surface area contributed by atoms with Crippen molar-refractivity contribution in [3.05, 3.63) is 119 Å². The van der Waals surface area contributed by atoms with Gasteiger partial charge in [-0.05, 0) is 123 Å². The average molecular weight is 969 g/mol. The molecule has 1 fully saturated rings. The predicted molar refractivity (Wildman–Crippen MR) is 268 cm³/mol. The van der Waals surface area contributed by atoms with Crippen LogP contribution in [0.4, 0.5) is 9.59 Å². The first-order chi connectivity index (χ1) is 31.9. The summed E-state index contributed by atoms with van der Waals surface area (Å²) < 4.78 is 30.2. The van der Waals surface area contributed by atoms with Crippen LogP contribution in [0.15, 0.2) is 95.5 Å². The van der Waals surface area contributed by atoms with Gasteiger partial charge in [0.1, 0.15) is 28.3 Å². The molecule has 1 aliphatic carbocycles. The van der Waals surface area contributed by atoms with E-state index in [-0.39, 0.29) is 22.7 Å². The number of benzene rings is 3. The Labute approximate surface area is 410 Å². The van der Waals surface area contributed by atoms with Gasteiger partial charge in [0.25, 0.3) is 0 Å². The quantitative estimate of drug-likeness (QED) is 0.0447. The molecule has 4 N–H and O–H groups in total. The van der Waals surface area contributed by atoms with Crippen molar-refractivity contribution in [2.45, 2.75) is 173 Å². The van der Waals surface area contributed by atoms with Gasteiger partial charge in [0.15, 0.2) is 20.2 Å². The monoisotopic (exact) mass is 969 g/mol. The molecule has 4 amide bonds. The second-order valence-electron chi connectivity index (χ2n) is 22.7. The van der Waals surface area contributed by atoms with Gasteiger partial charge in [-0.2, -0.15) is 4.98 Å². The second kappa shape index (κ2) is 21.2. The number of hydrogen-bond acceptors (Lipinski definition) is 11. The number of nitrogens with zero attached hydrogens (tertiary/aromatic N) is 2. The first-order valence-electron chi connectivity index (χ1n) is 23.9. The standard InChI is InChI=1S/C53H76N6O9Si/c1-35(65-48(2,3)4)42(44(61)66-49(5,6)7)55-46(62)54-40(31-41(60)57-53(37-25-19-16-20-26-37,38-27-21-17-22-28-38)39-29-23-18-24-30-39)43-56-45(59-68-43)52(58-47(63)67-50(8,9)10)32-36(33-52)34-64-69(14,15)51(11,12)13/h16-30,35-36,40,42H,31-34H2,1-15H3,(H,57,60)(H,58,63)(H2,54,55,62)/t35-,36?,40+,42+,52?/m1/s1. The van der Waals surface area contributed by atoms with E-state index in [9.17, 15) is 19.2 Å². The Balaban J connectivity index is 1.56. The van der Waals surface area contributed by atoms with Crippen LogP contribution in [0, 0.1) is 5.92 Å². The maximum absolute atomic E-state index is 15.0. The highest BCUT2D eigenvalue weighted by Crippen LogP contribution is 2.47. The van der Waals surface area contributed by atoms with Gasteiger partial charge < -0.3 is 44.4 Å². The van der Waals surface area contributed by atoms with E-state index in [0.29, 0.717) is 19.4 Å². The Hall–Kier alpha value is -5.58. The largest absolute Gasteiger partial charge is 0.458 e. The number of ether oxygens (including phenoxy) is 3.